The average molecular weight is 529 g/mol. The highest BCUT2D eigenvalue weighted by Crippen LogP contribution is 2.24. The van der Waals surface area contributed by atoms with E-state index in [2.05, 4.69) is 52.1 Å². The van der Waals surface area contributed by atoms with Gasteiger partial charge < -0.3 is 20.3 Å². The highest BCUT2D eigenvalue weighted by molar-refractivity contribution is 14.0. The number of benzene rings is 1. The molecule has 29 heavy (non-hydrogen) atoms. The van der Waals surface area contributed by atoms with E-state index >= 15 is 0 Å². The highest BCUT2D eigenvalue weighted by Gasteiger charge is 2.20. The van der Waals surface area contributed by atoms with E-state index in [9.17, 15) is 0 Å². The third kappa shape index (κ3) is 7.37. The maximum Gasteiger partial charge on any atom is 0.191 e. The molecule has 0 spiro atoms. The van der Waals surface area contributed by atoms with Crippen molar-refractivity contribution in [3.63, 3.8) is 0 Å². The van der Waals surface area contributed by atoms with Gasteiger partial charge in [-0.1, -0.05) is 18.2 Å². The average Bonchev–Trinajstić information content (AvgIpc) is 3.25. The number of nitrogens with zero attached hydrogens (tertiary/aromatic N) is 2. The van der Waals surface area contributed by atoms with Crippen molar-refractivity contribution in [1.82, 2.24) is 10.6 Å². The van der Waals surface area contributed by atoms with E-state index in [1.165, 1.54) is 10.6 Å². The molecule has 1 aliphatic heterocycles. The molecular weight excluding hydrogens is 495 g/mol. The molecule has 0 aliphatic carbocycles. The van der Waals surface area contributed by atoms with E-state index in [0.717, 1.165) is 57.2 Å². The van der Waals surface area contributed by atoms with Crippen molar-refractivity contribution in [2.24, 2.45) is 4.99 Å². The summed E-state index contributed by atoms with van der Waals surface area (Å²) >= 11 is 1.83. The molecule has 0 bridgehead atoms. The quantitative estimate of drug-likeness (QED) is 0.300. The summed E-state index contributed by atoms with van der Waals surface area (Å²) in [6.07, 6.45) is 3.15. The van der Waals surface area contributed by atoms with Crippen molar-refractivity contribution < 1.29 is 4.74 Å². The van der Waals surface area contributed by atoms with Gasteiger partial charge in [0.2, 0.25) is 0 Å². The Labute approximate surface area is 196 Å². The molecule has 1 saturated heterocycles. The fraction of sp³-hybridized carbons (Fsp3) is 0.500. The minimum absolute atomic E-state index is 0. The van der Waals surface area contributed by atoms with E-state index < -0.39 is 0 Å². The van der Waals surface area contributed by atoms with E-state index in [0.29, 0.717) is 12.6 Å². The van der Waals surface area contributed by atoms with Crippen LogP contribution < -0.4 is 20.3 Å². The van der Waals surface area contributed by atoms with Gasteiger partial charge >= 0.3 is 0 Å². The molecule has 0 unspecified atom stereocenters. The van der Waals surface area contributed by atoms with E-state index in [1.807, 2.05) is 30.4 Å². The van der Waals surface area contributed by atoms with Crippen LogP contribution in [0.3, 0.4) is 0 Å². The van der Waals surface area contributed by atoms with Crippen LogP contribution in [0.1, 0.15) is 32.3 Å². The normalized spacial score (nSPS) is 15.0. The minimum Gasteiger partial charge on any atom is -0.494 e. The first-order valence-corrected chi connectivity index (χ1v) is 11.2. The lowest BCUT2D eigenvalue weighted by Gasteiger charge is -2.33. The summed E-state index contributed by atoms with van der Waals surface area (Å²) in [6.45, 7) is 8.63. The Balaban J connectivity index is 0.00000300. The van der Waals surface area contributed by atoms with Gasteiger partial charge in [0, 0.05) is 32.2 Å². The monoisotopic (exact) mass is 528 g/mol. The summed E-state index contributed by atoms with van der Waals surface area (Å²) in [5, 5.41) is 10.6. The molecule has 0 atom stereocenters. The van der Waals surface area contributed by atoms with Gasteiger partial charge in [-0.3, -0.25) is 4.99 Å². The zero-order valence-corrected chi connectivity index (χ0v) is 20.5. The third-order valence-electron chi connectivity index (χ3n) is 4.92. The number of piperidine rings is 1. The van der Waals surface area contributed by atoms with Gasteiger partial charge in [-0.2, -0.15) is 0 Å². The Morgan fingerprint density at radius 3 is 2.66 bits per heavy atom. The Bertz CT molecular complexity index is 730. The maximum absolute atomic E-state index is 5.72. The number of anilines is 1. The topological polar surface area (TPSA) is 48.9 Å². The fourth-order valence-electron chi connectivity index (χ4n) is 3.50. The Morgan fingerprint density at radius 1 is 1.17 bits per heavy atom. The number of guanidine groups is 1. The molecule has 1 aromatic carbocycles. The van der Waals surface area contributed by atoms with Crippen LogP contribution in [0.5, 0.6) is 5.75 Å². The molecule has 1 fully saturated rings. The Morgan fingerprint density at radius 2 is 1.97 bits per heavy atom. The van der Waals surface area contributed by atoms with E-state index in [-0.39, 0.29) is 24.0 Å². The molecule has 160 valence electrons. The first-order chi connectivity index (χ1) is 13.8. The van der Waals surface area contributed by atoms with Crippen molar-refractivity contribution in [3.8, 4) is 5.75 Å². The van der Waals surface area contributed by atoms with Crippen molar-refractivity contribution >= 4 is 46.3 Å². The van der Waals surface area contributed by atoms with Crippen LogP contribution in [0.15, 0.2) is 46.8 Å². The summed E-state index contributed by atoms with van der Waals surface area (Å²) in [5.74, 6) is 1.89. The van der Waals surface area contributed by atoms with E-state index in [4.69, 9.17) is 9.73 Å². The SMILES string of the molecule is CCNC(=NCCc1ccccc1OCC)NC1CCN(c2cccs2)CC1.I. The van der Waals surface area contributed by atoms with Gasteiger partial charge in [-0.05, 0) is 62.3 Å². The number of ether oxygens (including phenoxy) is 1. The summed E-state index contributed by atoms with van der Waals surface area (Å²) in [6, 6.07) is 13.1. The second kappa shape index (κ2) is 13.0. The van der Waals surface area contributed by atoms with Gasteiger partial charge in [-0.15, -0.1) is 35.3 Å². The van der Waals surface area contributed by atoms with Crippen LogP contribution in [0.2, 0.25) is 0 Å². The molecule has 5 nitrogen and oxygen atoms in total. The Kier molecular flexibility index (Phi) is 10.6. The van der Waals surface area contributed by atoms with E-state index in [1.54, 1.807) is 0 Å². The molecule has 0 saturated carbocycles. The zero-order valence-electron chi connectivity index (χ0n) is 17.4. The van der Waals surface area contributed by atoms with Crippen LogP contribution in [0, 0.1) is 0 Å². The molecule has 0 radical (unpaired) electrons. The van der Waals surface area contributed by atoms with Crippen LogP contribution in [-0.2, 0) is 6.42 Å². The maximum atomic E-state index is 5.72. The molecule has 2 heterocycles. The smallest absolute Gasteiger partial charge is 0.191 e. The molecule has 3 rings (SSSR count). The highest BCUT2D eigenvalue weighted by atomic mass is 127. The van der Waals surface area contributed by atoms with Gasteiger partial charge in [0.15, 0.2) is 5.96 Å². The summed E-state index contributed by atoms with van der Waals surface area (Å²) in [7, 11) is 0. The molecule has 2 N–H and O–H groups in total. The van der Waals surface area contributed by atoms with Crippen LogP contribution in [0.25, 0.3) is 0 Å². The van der Waals surface area contributed by atoms with Gasteiger partial charge in [0.05, 0.1) is 11.6 Å². The first-order valence-electron chi connectivity index (χ1n) is 10.3. The summed E-state index contributed by atoms with van der Waals surface area (Å²) in [5.41, 5.74) is 1.22. The van der Waals surface area contributed by atoms with Crippen LogP contribution in [0.4, 0.5) is 5.00 Å². The molecule has 1 aromatic heterocycles. The zero-order chi connectivity index (χ0) is 19.6. The minimum atomic E-state index is 0. The fourth-order valence-corrected chi connectivity index (χ4v) is 4.29. The number of hydrogen-bond donors (Lipinski definition) is 2. The number of hydrogen-bond acceptors (Lipinski definition) is 4. The van der Waals surface area contributed by atoms with Crippen molar-refractivity contribution in [1.29, 1.82) is 0 Å². The predicted molar refractivity (Wildman–Crippen MR) is 135 cm³/mol. The third-order valence-corrected chi connectivity index (χ3v) is 5.85. The van der Waals surface area contributed by atoms with Crippen molar-refractivity contribution in [2.75, 3.05) is 37.7 Å². The number of nitrogens with one attached hydrogen (secondary N) is 2. The number of para-hydroxylation sites is 1. The van der Waals surface area contributed by atoms with Gasteiger partial charge in [0.1, 0.15) is 5.75 Å². The number of rotatable bonds is 8. The largest absolute Gasteiger partial charge is 0.494 e. The van der Waals surface area contributed by atoms with Crippen molar-refractivity contribution in [3.05, 3.63) is 47.3 Å². The number of thiophene rings is 1. The summed E-state index contributed by atoms with van der Waals surface area (Å²) < 4.78 is 5.72. The molecule has 7 heteroatoms. The van der Waals surface area contributed by atoms with Gasteiger partial charge in [-0.25, -0.2) is 0 Å². The van der Waals surface area contributed by atoms with Gasteiger partial charge in [0.25, 0.3) is 0 Å². The number of halogens is 1. The predicted octanol–water partition coefficient (Wildman–Crippen LogP) is 4.53. The molecular formula is C22H33IN4OS. The second-order valence-electron chi connectivity index (χ2n) is 6.91. The Hall–Kier alpha value is -1.48. The van der Waals surface area contributed by atoms with Crippen LogP contribution in [-0.4, -0.2) is 44.8 Å². The lowest BCUT2D eigenvalue weighted by atomic mass is 10.1. The molecule has 0 amide bonds. The number of aliphatic imine (C=N–C) groups is 1. The lowest BCUT2D eigenvalue weighted by Crippen LogP contribution is -2.48. The van der Waals surface area contributed by atoms with Crippen molar-refractivity contribution in [2.45, 2.75) is 39.2 Å². The standard InChI is InChI=1S/C22H32N4OS.HI/c1-3-23-22(24-14-11-18-8-5-6-9-20(18)27-4-2)25-19-12-15-26(16-13-19)21-10-7-17-28-21;/h5-10,17,19H,3-4,11-16H2,1-2H3,(H2,23,24,25);1H. The first kappa shape index (κ1) is 23.8. The molecule has 1 aliphatic rings. The summed E-state index contributed by atoms with van der Waals surface area (Å²) in [4.78, 5) is 7.28. The van der Waals surface area contributed by atoms with Crippen LogP contribution >= 0.6 is 35.3 Å². The molecule has 2 aromatic rings. The second-order valence-corrected chi connectivity index (χ2v) is 7.83. The lowest BCUT2D eigenvalue weighted by molar-refractivity contribution is 0.336.